The van der Waals surface area contributed by atoms with Gasteiger partial charge in [-0.3, -0.25) is 0 Å². The van der Waals surface area contributed by atoms with Crippen LogP contribution in [0.2, 0.25) is 0 Å². The molecule has 66 valence electrons. The van der Waals surface area contributed by atoms with E-state index in [4.69, 9.17) is 5.73 Å². The van der Waals surface area contributed by atoms with Crippen molar-refractivity contribution in [2.75, 3.05) is 5.73 Å². The Labute approximate surface area is 68.6 Å². The van der Waals surface area contributed by atoms with Crippen LogP contribution >= 0.6 is 0 Å². The molecule has 0 unspecified atom stereocenters. The Hall–Kier alpha value is -1.26. The topological polar surface area (TPSA) is 51.8 Å². The van der Waals surface area contributed by atoms with Gasteiger partial charge in [-0.1, -0.05) is 0 Å². The van der Waals surface area contributed by atoms with E-state index in [1.165, 1.54) is 6.07 Å². The van der Waals surface area contributed by atoms with Gasteiger partial charge in [-0.05, 0) is 6.92 Å². The maximum Gasteiger partial charge on any atom is 0.303 e. The summed E-state index contributed by atoms with van der Waals surface area (Å²) in [4.78, 5) is 6.99. The molecule has 0 atom stereocenters. The summed E-state index contributed by atoms with van der Waals surface area (Å²) in [6, 6.07) is 1.44. The molecule has 1 aromatic heterocycles. The molecule has 5 heteroatoms. The smallest absolute Gasteiger partial charge is 0.303 e. The first-order chi connectivity index (χ1) is 5.39. The predicted molar refractivity (Wildman–Crippen MR) is 40.7 cm³/mol. The van der Waals surface area contributed by atoms with Gasteiger partial charge in [-0.2, -0.15) is 8.78 Å². The lowest BCUT2D eigenvalue weighted by Crippen LogP contribution is -2.14. The number of alkyl halides is 2. The second kappa shape index (κ2) is 2.66. The molecule has 1 heterocycles. The second-order valence-electron chi connectivity index (χ2n) is 2.65. The molecule has 0 amide bonds. The SMILES string of the molecule is Cc1cc(N)nc(C(C)(F)F)n1. The van der Waals surface area contributed by atoms with Gasteiger partial charge in [0, 0.05) is 18.7 Å². The fourth-order valence-electron chi connectivity index (χ4n) is 0.789. The Bertz CT molecular complexity index is 273. The highest BCUT2D eigenvalue weighted by molar-refractivity contribution is 5.29. The van der Waals surface area contributed by atoms with Gasteiger partial charge in [0.1, 0.15) is 5.82 Å². The number of anilines is 1. The molecule has 0 aliphatic heterocycles. The lowest BCUT2D eigenvalue weighted by molar-refractivity contribution is 0.00767. The number of hydrogen-bond acceptors (Lipinski definition) is 3. The maximum atomic E-state index is 12.6. The molecule has 0 aliphatic carbocycles. The molecule has 0 spiro atoms. The summed E-state index contributed by atoms with van der Waals surface area (Å²) in [7, 11) is 0. The average molecular weight is 173 g/mol. The fourth-order valence-corrected chi connectivity index (χ4v) is 0.789. The van der Waals surface area contributed by atoms with E-state index in [2.05, 4.69) is 9.97 Å². The van der Waals surface area contributed by atoms with Crippen LogP contribution in [-0.2, 0) is 5.92 Å². The molecular formula is C7H9F2N3. The third-order valence-electron chi connectivity index (χ3n) is 1.27. The van der Waals surface area contributed by atoms with Gasteiger partial charge in [0.25, 0.3) is 0 Å². The number of rotatable bonds is 1. The molecule has 1 aromatic rings. The van der Waals surface area contributed by atoms with Crippen molar-refractivity contribution in [3.8, 4) is 0 Å². The van der Waals surface area contributed by atoms with Gasteiger partial charge >= 0.3 is 5.92 Å². The molecule has 1 rings (SSSR count). The second-order valence-corrected chi connectivity index (χ2v) is 2.65. The summed E-state index contributed by atoms with van der Waals surface area (Å²) in [6.07, 6.45) is 0. The summed E-state index contributed by atoms with van der Waals surface area (Å²) in [6.45, 7) is 2.33. The lowest BCUT2D eigenvalue weighted by atomic mass is 10.3. The first-order valence-corrected chi connectivity index (χ1v) is 3.39. The van der Waals surface area contributed by atoms with Gasteiger partial charge in [0.15, 0.2) is 0 Å². The Balaban J connectivity index is 3.18. The van der Waals surface area contributed by atoms with Crippen LogP contribution in [0, 0.1) is 6.92 Å². The molecule has 12 heavy (non-hydrogen) atoms. The minimum Gasteiger partial charge on any atom is -0.384 e. The zero-order valence-corrected chi connectivity index (χ0v) is 6.81. The number of aromatic nitrogens is 2. The fraction of sp³-hybridized carbons (Fsp3) is 0.429. The van der Waals surface area contributed by atoms with Gasteiger partial charge < -0.3 is 5.73 Å². The van der Waals surface area contributed by atoms with Crippen molar-refractivity contribution in [2.45, 2.75) is 19.8 Å². The third kappa shape index (κ3) is 1.87. The quantitative estimate of drug-likeness (QED) is 0.699. The van der Waals surface area contributed by atoms with E-state index in [0.717, 1.165) is 6.92 Å². The van der Waals surface area contributed by atoms with Crippen molar-refractivity contribution in [3.63, 3.8) is 0 Å². The highest BCUT2D eigenvalue weighted by Gasteiger charge is 2.28. The lowest BCUT2D eigenvalue weighted by Gasteiger charge is -2.09. The largest absolute Gasteiger partial charge is 0.384 e. The van der Waals surface area contributed by atoms with E-state index >= 15 is 0 Å². The van der Waals surface area contributed by atoms with Gasteiger partial charge in [-0.15, -0.1) is 0 Å². The molecule has 0 saturated heterocycles. The Morgan fingerprint density at radius 3 is 2.42 bits per heavy atom. The molecule has 0 aromatic carbocycles. The van der Waals surface area contributed by atoms with E-state index < -0.39 is 11.7 Å². The number of aryl methyl sites for hydroxylation is 1. The van der Waals surface area contributed by atoms with Crippen molar-refractivity contribution < 1.29 is 8.78 Å². The van der Waals surface area contributed by atoms with Gasteiger partial charge in [0.05, 0.1) is 0 Å². The summed E-state index contributed by atoms with van der Waals surface area (Å²) in [5, 5.41) is 0. The van der Waals surface area contributed by atoms with Gasteiger partial charge in [-0.25, -0.2) is 9.97 Å². The molecule has 0 fully saturated rings. The molecule has 0 bridgehead atoms. The minimum absolute atomic E-state index is 0.0685. The Morgan fingerprint density at radius 2 is 2.00 bits per heavy atom. The maximum absolute atomic E-state index is 12.6. The van der Waals surface area contributed by atoms with Crippen molar-refractivity contribution in [3.05, 3.63) is 17.6 Å². The van der Waals surface area contributed by atoms with Crippen molar-refractivity contribution in [1.29, 1.82) is 0 Å². The van der Waals surface area contributed by atoms with Crippen molar-refractivity contribution >= 4 is 5.82 Å². The first kappa shape index (κ1) is 8.83. The number of nitrogens with zero attached hydrogens (tertiary/aromatic N) is 2. The monoisotopic (exact) mass is 173 g/mol. The van der Waals surface area contributed by atoms with Crippen LogP contribution in [0.3, 0.4) is 0 Å². The number of hydrogen-bond donors (Lipinski definition) is 1. The number of nitrogen functional groups attached to an aromatic ring is 1. The van der Waals surface area contributed by atoms with Crippen molar-refractivity contribution in [2.24, 2.45) is 0 Å². The molecule has 2 N–H and O–H groups in total. The van der Waals surface area contributed by atoms with Crippen LogP contribution in [0.4, 0.5) is 14.6 Å². The Morgan fingerprint density at radius 1 is 1.42 bits per heavy atom. The molecular weight excluding hydrogens is 164 g/mol. The summed E-state index contributed by atoms with van der Waals surface area (Å²) in [5.74, 6) is -3.49. The van der Waals surface area contributed by atoms with Crippen molar-refractivity contribution in [1.82, 2.24) is 9.97 Å². The van der Waals surface area contributed by atoms with Crippen LogP contribution in [-0.4, -0.2) is 9.97 Å². The summed E-state index contributed by atoms with van der Waals surface area (Å²) >= 11 is 0. The van der Waals surface area contributed by atoms with E-state index in [9.17, 15) is 8.78 Å². The first-order valence-electron chi connectivity index (χ1n) is 3.39. The van der Waals surface area contributed by atoms with Crippen LogP contribution < -0.4 is 5.73 Å². The summed E-state index contributed by atoms with van der Waals surface area (Å²) < 4.78 is 25.3. The predicted octanol–water partition coefficient (Wildman–Crippen LogP) is 1.48. The average Bonchev–Trinajstić information content (AvgIpc) is 1.82. The van der Waals surface area contributed by atoms with E-state index in [1.54, 1.807) is 6.92 Å². The zero-order chi connectivity index (χ0) is 9.35. The molecule has 0 saturated carbocycles. The van der Waals surface area contributed by atoms with Crippen LogP contribution in [0.5, 0.6) is 0 Å². The normalized spacial score (nSPS) is 11.7. The standard InChI is InChI=1S/C7H9F2N3/c1-4-3-5(10)12-6(11-4)7(2,8)9/h3H,1-2H3,(H2,10,11,12). The van der Waals surface area contributed by atoms with E-state index in [-0.39, 0.29) is 5.82 Å². The van der Waals surface area contributed by atoms with E-state index in [1.807, 2.05) is 0 Å². The molecule has 0 radical (unpaired) electrons. The highest BCUT2D eigenvalue weighted by atomic mass is 19.3. The van der Waals surface area contributed by atoms with E-state index in [0.29, 0.717) is 5.69 Å². The van der Waals surface area contributed by atoms with Crippen LogP contribution in [0.1, 0.15) is 18.4 Å². The highest BCUT2D eigenvalue weighted by Crippen LogP contribution is 2.23. The number of halogens is 2. The third-order valence-corrected chi connectivity index (χ3v) is 1.27. The van der Waals surface area contributed by atoms with Crippen LogP contribution in [0.15, 0.2) is 6.07 Å². The Kier molecular flexibility index (Phi) is 1.95. The van der Waals surface area contributed by atoms with Crippen LogP contribution in [0.25, 0.3) is 0 Å². The molecule has 0 aliphatic rings. The molecule has 3 nitrogen and oxygen atoms in total. The summed E-state index contributed by atoms with van der Waals surface area (Å²) in [5.41, 5.74) is 5.72. The number of nitrogens with two attached hydrogens (primary N) is 1. The zero-order valence-electron chi connectivity index (χ0n) is 6.81. The minimum atomic E-state index is -3.03. The van der Waals surface area contributed by atoms with Gasteiger partial charge in [0.2, 0.25) is 5.82 Å².